The molecule has 1 aliphatic rings. The van der Waals surface area contributed by atoms with Crippen LogP contribution in [0.5, 0.6) is 0 Å². The summed E-state index contributed by atoms with van der Waals surface area (Å²) in [4.78, 5) is 26.6. The Labute approximate surface area is 244 Å². The second-order valence-corrected chi connectivity index (χ2v) is 12.0. The molecule has 1 fully saturated rings. The maximum Gasteiger partial charge on any atom is 0.324 e. The van der Waals surface area contributed by atoms with Crippen LogP contribution in [0.3, 0.4) is 0 Å². The summed E-state index contributed by atoms with van der Waals surface area (Å²) in [7, 11) is 0. The lowest BCUT2D eigenvalue weighted by Gasteiger charge is -2.29. The predicted octanol–water partition coefficient (Wildman–Crippen LogP) is 6.97. The van der Waals surface area contributed by atoms with E-state index in [0.29, 0.717) is 11.5 Å². The third-order valence-corrected chi connectivity index (χ3v) is 7.51. The Bertz CT molecular complexity index is 1400. The number of benzene rings is 2. The van der Waals surface area contributed by atoms with E-state index in [9.17, 15) is 9.59 Å². The normalized spacial score (nSPS) is 14.6. The average Bonchev–Trinajstić information content (AvgIpc) is 3.37. The van der Waals surface area contributed by atoms with Crippen molar-refractivity contribution in [1.82, 2.24) is 15.1 Å². The molecule has 2 aromatic carbocycles. The van der Waals surface area contributed by atoms with Gasteiger partial charge in [-0.15, -0.1) is 0 Å². The molecule has 0 saturated carbocycles. The molecule has 3 N–H and O–H groups in total. The molecule has 4 rings (SSSR count). The minimum Gasteiger partial charge on any atom is -0.317 e. The van der Waals surface area contributed by atoms with E-state index in [1.54, 1.807) is 4.68 Å². The molecule has 7 nitrogen and oxygen atoms in total. The topological polar surface area (TPSA) is 88.1 Å². The summed E-state index contributed by atoms with van der Waals surface area (Å²) in [5.41, 5.74) is 4.22. The quantitative estimate of drug-likeness (QED) is 0.160. The number of nitrogens with one attached hydrogen (secondary N) is 3. The van der Waals surface area contributed by atoms with E-state index in [2.05, 4.69) is 55.5 Å². The van der Waals surface area contributed by atoms with Gasteiger partial charge in [0.05, 0.1) is 17.3 Å². The first-order valence-corrected chi connectivity index (χ1v) is 14.7. The van der Waals surface area contributed by atoms with E-state index in [1.165, 1.54) is 0 Å². The van der Waals surface area contributed by atoms with Crippen molar-refractivity contribution < 1.29 is 9.59 Å². The number of urea groups is 1. The van der Waals surface area contributed by atoms with Gasteiger partial charge in [-0.1, -0.05) is 69.9 Å². The summed E-state index contributed by atoms with van der Waals surface area (Å²) in [6.07, 6.45) is 4.63. The second kappa shape index (κ2) is 13.6. The zero-order valence-corrected chi connectivity index (χ0v) is 25.0. The Morgan fingerprint density at radius 3 is 2.49 bits per heavy atom. The SMILES string of the molecule is CCCCC#CC(=O)C(c1cccc(NC(=O)Nc2cc(C(C)(C)C)nn2-c2ccc(C)cc2)c1)C1CCNCC1. The predicted molar refractivity (Wildman–Crippen MR) is 167 cm³/mol. The molecule has 1 atom stereocenters. The van der Waals surface area contributed by atoms with E-state index in [1.807, 2.05) is 61.5 Å². The molecule has 0 spiro atoms. The molecule has 0 aliphatic carbocycles. The Balaban J connectivity index is 1.56. The molecule has 0 radical (unpaired) electrons. The van der Waals surface area contributed by atoms with Crippen LogP contribution < -0.4 is 16.0 Å². The Hall–Kier alpha value is -3.89. The van der Waals surface area contributed by atoms with E-state index in [4.69, 9.17) is 5.10 Å². The zero-order valence-electron chi connectivity index (χ0n) is 25.0. The maximum atomic E-state index is 13.4. The monoisotopic (exact) mass is 553 g/mol. The molecule has 7 heteroatoms. The number of rotatable bonds is 8. The number of aromatic nitrogens is 2. The number of carbonyl (C=O) groups excluding carboxylic acids is 2. The number of nitrogens with zero attached hydrogens (tertiary/aromatic N) is 2. The molecule has 1 aromatic heterocycles. The number of ketones is 1. The van der Waals surface area contributed by atoms with Gasteiger partial charge in [0.15, 0.2) is 0 Å². The molecule has 1 saturated heterocycles. The van der Waals surface area contributed by atoms with Crippen molar-refractivity contribution in [2.75, 3.05) is 23.7 Å². The number of aryl methyl sites for hydroxylation is 1. The second-order valence-electron chi connectivity index (χ2n) is 12.0. The van der Waals surface area contributed by atoms with Crippen LogP contribution in [-0.2, 0) is 10.2 Å². The molecule has 2 heterocycles. The summed E-state index contributed by atoms with van der Waals surface area (Å²) >= 11 is 0. The van der Waals surface area contributed by atoms with Gasteiger partial charge in [-0.3, -0.25) is 10.1 Å². The summed E-state index contributed by atoms with van der Waals surface area (Å²) in [5, 5.41) is 14.2. The smallest absolute Gasteiger partial charge is 0.317 e. The van der Waals surface area contributed by atoms with Crippen molar-refractivity contribution in [3.8, 4) is 17.5 Å². The molecular formula is C34H43N5O2. The highest BCUT2D eigenvalue weighted by Gasteiger charge is 2.30. The minimum absolute atomic E-state index is 0.0358. The Morgan fingerprint density at radius 1 is 1.07 bits per heavy atom. The van der Waals surface area contributed by atoms with Crippen LogP contribution in [0.25, 0.3) is 5.69 Å². The maximum absolute atomic E-state index is 13.4. The van der Waals surface area contributed by atoms with Crippen LogP contribution in [-0.4, -0.2) is 34.7 Å². The van der Waals surface area contributed by atoms with Gasteiger partial charge in [0.2, 0.25) is 5.78 Å². The number of hydrogen-bond donors (Lipinski definition) is 3. The van der Waals surface area contributed by atoms with E-state index >= 15 is 0 Å². The van der Waals surface area contributed by atoms with Gasteiger partial charge < -0.3 is 10.6 Å². The summed E-state index contributed by atoms with van der Waals surface area (Å²) in [5.74, 6) is 6.46. The highest BCUT2D eigenvalue weighted by Crippen LogP contribution is 2.33. The van der Waals surface area contributed by atoms with Gasteiger partial charge in [-0.25, -0.2) is 9.48 Å². The summed E-state index contributed by atoms with van der Waals surface area (Å²) in [6.45, 7) is 12.2. The van der Waals surface area contributed by atoms with Crippen molar-refractivity contribution in [2.45, 2.75) is 78.1 Å². The third-order valence-electron chi connectivity index (χ3n) is 7.51. The van der Waals surface area contributed by atoms with E-state index < -0.39 is 0 Å². The first-order chi connectivity index (χ1) is 19.7. The lowest BCUT2D eigenvalue weighted by Crippen LogP contribution is -2.33. The van der Waals surface area contributed by atoms with Gasteiger partial charge in [0.1, 0.15) is 5.82 Å². The number of anilines is 2. The summed E-state index contributed by atoms with van der Waals surface area (Å²) in [6, 6.07) is 17.2. The molecular weight excluding hydrogens is 510 g/mol. The average molecular weight is 554 g/mol. The van der Waals surface area contributed by atoms with Gasteiger partial charge >= 0.3 is 6.03 Å². The van der Waals surface area contributed by atoms with Gasteiger partial charge in [0.25, 0.3) is 0 Å². The molecule has 41 heavy (non-hydrogen) atoms. The van der Waals surface area contributed by atoms with Crippen molar-refractivity contribution in [1.29, 1.82) is 0 Å². The fourth-order valence-electron chi connectivity index (χ4n) is 5.12. The van der Waals surface area contributed by atoms with Gasteiger partial charge in [0, 0.05) is 23.6 Å². The van der Waals surface area contributed by atoms with Crippen molar-refractivity contribution >= 4 is 23.3 Å². The first kappa shape index (κ1) is 30.1. The number of unbranched alkanes of at least 4 members (excludes halogenated alkanes) is 2. The minimum atomic E-state index is -0.375. The number of piperidine rings is 1. The van der Waals surface area contributed by atoms with Crippen molar-refractivity contribution in [3.05, 3.63) is 71.4 Å². The number of Topliss-reactive ketones (excluding diaryl/α,β-unsaturated/α-hetero) is 1. The number of amides is 2. The van der Waals surface area contributed by atoms with Crippen LogP contribution in [0.1, 0.15) is 82.5 Å². The third kappa shape index (κ3) is 8.08. The molecule has 216 valence electrons. The Morgan fingerprint density at radius 2 is 1.80 bits per heavy atom. The fraction of sp³-hybridized carbons (Fsp3) is 0.441. The summed E-state index contributed by atoms with van der Waals surface area (Å²) < 4.78 is 1.76. The molecule has 1 aliphatic heterocycles. The van der Waals surface area contributed by atoms with E-state index in [-0.39, 0.29) is 29.1 Å². The highest BCUT2D eigenvalue weighted by atomic mass is 16.2. The number of carbonyl (C=O) groups is 2. The van der Waals surface area contributed by atoms with Crippen molar-refractivity contribution in [3.63, 3.8) is 0 Å². The van der Waals surface area contributed by atoms with E-state index in [0.717, 1.165) is 67.7 Å². The van der Waals surface area contributed by atoms with Crippen LogP contribution >= 0.6 is 0 Å². The zero-order chi connectivity index (χ0) is 29.4. The standard InChI is InChI=1S/C34H43N5O2/c1-6-7-8-9-13-29(40)32(25-18-20-35-21-19-25)26-11-10-12-27(22-26)36-33(41)37-31-23-30(34(3,4)5)38-39(31)28-16-14-24(2)15-17-28/h10-12,14-17,22-23,25,32,35H,6-8,18-21H2,1-5H3,(H2,36,37,41). The largest absolute Gasteiger partial charge is 0.324 e. The van der Waals surface area contributed by atoms with Crippen LogP contribution in [0.4, 0.5) is 16.3 Å². The number of hydrogen-bond acceptors (Lipinski definition) is 4. The molecule has 0 bridgehead atoms. The lowest BCUT2D eigenvalue weighted by atomic mass is 9.78. The first-order valence-electron chi connectivity index (χ1n) is 14.7. The fourth-order valence-corrected chi connectivity index (χ4v) is 5.12. The molecule has 2 amide bonds. The van der Waals surface area contributed by atoms with Crippen molar-refractivity contribution in [2.24, 2.45) is 5.92 Å². The molecule has 3 aromatic rings. The Kier molecular flexibility index (Phi) is 10.0. The van der Waals surface area contributed by atoms with Crippen LogP contribution in [0.15, 0.2) is 54.6 Å². The molecule has 1 unspecified atom stereocenters. The van der Waals surface area contributed by atoms with Gasteiger partial charge in [-0.05, 0) is 80.9 Å². The van der Waals surface area contributed by atoms with Crippen LogP contribution in [0.2, 0.25) is 0 Å². The highest BCUT2D eigenvalue weighted by molar-refractivity contribution is 6.02. The lowest BCUT2D eigenvalue weighted by molar-refractivity contribution is -0.116. The van der Waals surface area contributed by atoms with Gasteiger partial charge in [-0.2, -0.15) is 5.10 Å². The van der Waals surface area contributed by atoms with Crippen LogP contribution in [0, 0.1) is 24.7 Å².